The van der Waals surface area contributed by atoms with Gasteiger partial charge in [-0.2, -0.15) is 0 Å². The Morgan fingerprint density at radius 1 is 1.44 bits per heavy atom. The molecule has 0 unspecified atom stereocenters. The third-order valence-electron chi connectivity index (χ3n) is 2.64. The quantitative estimate of drug-likeness (QED) is 0.778. The molecule has 0 saturated heterocycles. The molecule has 5 nitrogen and oxygen atoms in total. The van der Waals surface area contributed by atoms with Crippen LogP contribution in [0, 0.1) is 0 Å². The molecule has 2 aliphatic heterocycles. The number of ether oxygens (including phenoxy) is 3. The van der Waals surface area contributed by atoms with Gasteiger partial charge in [0.05, 0.1) is 11.5 Å². The number of methoxy groups -OCH3 is 1. The minimum Gasteiger partial charge on any atom is -0.454 e. The summed E-state index contributed by atoms with van der Waals surface area (Å²) in [6, 6.07) is 0. The molecule has 0 bridgehead atoms. The molecule has 0 aromatic heterocycles. The summed E-state index contributed by atoms with van der Waals surface area (Å²) in [5.74, 6) is 1.56. The fourth-order valence-electron chi connectivity index (χ4n) is 1.92. The molecular formula is C11H16O5S2. The van der Waals surface area contributed by atoms with Gasteiger partial charge < -0.3 is 19.3 Å². The van der Waals surface area contributed by atoms with Crippen molar-refractivity contribution in [2.75, 3.05) is 25.2 Å². The smallest absolute Gasteiger partial charge is 0.303 e. The maximum atomic E-state index is 11.2. The fourth-order valence-corrected chi connectivity index (χ4v) is 4.53. The molecule has 0 aromatic rings. The van der Waals surface area contributed by atoms with Crippen LogP contribution < -0.4 is 0 Å². The first kappa shape index (κ1) is 14.2. The number of rotatable bonds is 3. The Morgan fingerprint density at radius 3 is 2.67 bits per heavy atom. The number of aliphatic hydroxyl groups excluding tert-OH is 1. The molecule has 18 heavy (non-hydrogen) atoms. The van der Waals surface area contributed by atoms with E-state index < -0.39 is 18.5 Å². The SMILES string of the molecule is CO[C@@H]1O[C@@H](CO)[C@H](OC(C)=O)C2=C1SCCS2. The summed E-state index contributed by atoms with van der Waals surface area (Å²) in [6.45, 7) is 1.15. The lowest BCUT2D eigenvalue weighted by atomic mass is 10.1. The Bertz CT molecular complexity index is 357. The minimum atomic E-state index is -0.566. The van der Waals surface area contributed by atoms with E-state index in [-0.39, 0.29) is 12.6 Å². The first-order chi connectivity index (χ1) is 8.67. The lowest BCUT2D eigenvalue weighted by Gasteiger charge is -2.38. The van der Waals surface area contributed by atoms with Gasteiger partial charge in [-0.3, -0.25) is 4.79 Å². The third-order valence-corrected chi connectivity index (χ3v) is 5.33. The fraction of sp³-hybridized carbons (Fsp3) is 0.727. The van der Waals surface area contributed by atoms with Crippen LogP contribution in [0.1, 0.15) is 6.92 Å². The first-order valence-corrected chi connectivity index (χ1v) is 7.60. The topological polar surface area (TPSA) is 65.0 Å². The molecule has 1 N–H and O–H groups in total. The predicted octanol–water partition coefficient (Wildman–Crippen LogP) is 0.973. The van der Waals surface area contributed by atoms with E-state index in [4.69, 9.17) is 14.2 Å². The van der Waals surface area contributed by atoms with E-state index in [0.29, 0.717) is 0 Å². The Morgan fingerprint density at radius 2 is 2.11 bits per heavy atom. The summed E-state index contributed by atoms with van der Waals surface area (Å²) in [5.41, 5.74) is 0. The number of carbonyl (C=O) groups excluding carboxylic acids is 1. The second-order valence-corrected chi connectivity index (χ2v) is 6.15. The Balaban J connectivity index is 2.30. The van der Waals surface area contributed by atoms with Crippen LogP contribution in [0.25, 0.3) is 0 Å². The van der Waals surface area contributed by atoms with Crippen molar-refractivity contribution in [2.24, 2.45) is 0 Å². The van der Waals surface area contributed by atoms with E-state index in [0.717, 1.165) is 21.3 Å². The van der Waals surface area contributed by atoms with Crippen LogP contribution in [0.2, 0.25) is 0 Å². The van der Waals surface area contributed by atoms with Crippen molar-refractivity contribution in [3.05, 3.63) is 9.81 Å². The number of hydrogen-bond donors (Lipinski definition) is 1. The van der Waals surface area contributed by atoms with E-state index in [1.807, 2.05) is 0 Å². The summed E-state index contributed by atoms with van der Waals surface area (Å²) in [7, 11) is 1.57. The second-order valence-electron chi connectivity index (χ2n) is 3.88. The molecule has 0 spiro atoms. The van der Waals surface area contributed by atoms with Gasteiger partial charge in [-0.25, -0.2) is 0 Å². The highest BCUT2D eigenvalue weighted by Crippen LogP contribution is 2.44. The summed E-state index contributed by atoms with van der Waals surface area (Å²) in [5, 5.41) is 9.37. The maximum absolute atomic E-state index is 11.2. The van der Waals surface area contributed by atoms with Crippen molar-refractivity contribution in [1.29, 1.82) is 0 Å². The van der Waals surface area contributed by atoms with Crippen LogP contribution >= 0.6 is 23.5 Å². The van der Waals surface area contributed by atoms with Crippen molar-refractivity contribution < 1.29 is 24.1 Å². The van der Waals surface area contributed by atoms with Crippen molar-refractivity contribution in [2.45, 2.75) is 25.4 Å². The zero-order valence-electron chi connectivity index (χ0n) is 10.3. The summed E-state index contributed by atoms with van der Waals surface area (Å²) < 4.78 is 16.2. The Kier molecular flexibility index (Phi) is 4.97. The number of aliphatic hydroxyl groups is 1. The molecule has 2 rings (SSSR count). The first-order valence-electron chi connectivity index (χ1n) is 5.63. The number of hydrogen-bond acceptors (Lipinski definition) is 7. The van der Waals surface area contributed by atoms with Gasteiger partial charge in [0, 0.05) is 30.4 Å². The van der Waals surface area contributed by atoms with Gasteiger partial charge in [-0.05, 0) is 0 Å². The van der Waals surface area contributed by atoms with E-state index in [1.165, 1.54) is 6.92 Å². The lowest BCUT2D eigenvalue weighted by molar-refractivity contribution is -0.186. The van der Waals surface area contributed by atoms with E-state index >= 15 is 0 Å². The zero-order valence-corrected chi connectivity index (χ0v) is 11.9. The zero-order chi connectivity index (χ0) is 13.1. The largest absolute Gasteiger partial charge is 0.454 e. The molecule has 102 valence electrons. The summed E-state index contributed by atoms with van der Waals surface area (Å²) in [6.07, 6.45) is -1.56. The summed E-state index contributed by atoms with van der Waals surface area (Å²) >= 11 is 3.30. The van der Waals surface area contributed by atoms with Gasteiger partial charge in [-0.1, -0.05) is 0 Å². The van der Waals surface area contributed by atoms with Crippen LogP contribution in [0.4, 0.5) is 0 Å². The molecular weight excluding hydrogens is 276 g/mol. The highest BCUT2D eigenvalue weighted by atomic mass is 32.2. The number of carbonyl (C=O) groups is 1. The van der Waals surface area contributed by atoms with Crippen molar-refractivity contribution in [3.8, 4) is 0 Å². The normalized spacial score (nSPS) is 32.1. The van der Waals surface area contributed by atoms with E-state index in [2.05, 4.69) is 0 Å². The second kappa shape index (κ2) is 6.29. The minimum absolute atomic E-state index is 0.209. The molecule has 2 aliphatic rings. The standard InChI is InChI=1S/C11H16O5S2/c1-6(13)15-8-7(5-12)16-11(14-2)10-9(8)17-3-4-18-10/h7-8,11-12H,3-5H2,1-2H3/t7-,8-,11+/m0/s1. The Hall–Kier alpha value is -0.210. The van der Waals surface area contributed by atoms with Gasteiger partial charge in [-0.15, -0.1) is 23.5 Å². The van der Waals surface area contributed by atoms with Crippen molar-refractivity contribution in [3.63, 3.8) is 0 Å². The van der Waals surface area contributed by atoms with Gasteiger partial charge >= 0.3 is 5.97 Å². The van der Waals surface area contributed by atoms with Gasteiger partial charge in [0.25, 0.3) is 0 Å². The lowest BCUT2D eigenvalue weighted by Crippen LogP contribution is -2.45. The van der Waals surface area contributed by atoms with Gasteiger partial charge in [0.2, 0.25) is 0 Å². The van der Waals surface area contributed by atoms with Crippen molar-refractivity contribution >= 4 is 29.5 Å². The molecule has 7 heteroatoms. The van der Waals surface area contributed by atoms with E-state index in [9.17, 15) is 9.90 Å². The van der Waals surface area contributed by atoms with E-state index in [1.54, 1.807) is 30.6 Å². The molecule has 0 aromatic carbocycles. The van der Waals surface area contributed by atoms with Gasteiger partial charge in [0.1, 0.15) is 6.10 Å². The van der Waals surface area contributed by atoms with Crippen molar-refractivity contribution in [1.82, 2.24) is 0 Å². The van der Waals surface area contributed by atoms with Crippen LogP contribution in [0.3, 0.4) is 0 Å². The monoisotopic (exact) mass is 292 g/mol. The van der Waals surface area contributed by atoms with Crippen LogP contribution in [0.15, 0.2) is 9.81 Å². The number of esters is 1. The van der Waals surface area contributed by atoms with Gasteiger partial charge in [0.15, 0.2) is 12.4 Å². The Labute approximate surface area is 114 Å². The van der Waals surface area contributed by atoms with Crippen LogP contribution in [0.5, 0.6) is 0 Å². The molecule has 3 atom stereocenters. The van der Waals surface area contributed by atoms with Crippen LogP contribution in [-0.4, -0.2) is 54.8 Å². The number of thioether (sulfide) groups is 2. The predicted molar refractivity (Wildman–Crippen MR) is 70.3 cm³/mol. The molecule has 0 fully saturated rings. The average Bonchev–Trinajstić information content (AvgIpc) is 2.38. The average molecular weight is 292 g/mol. The highest BCUT2D eigenvalue weighted by molar-refractivity contribution is 8.10. The maximum Gasteiger partial charge on any atom is 0.303 e. The highest BCUT2D eigenvalue weighted by Gasteiger charge is 2.41. The third kappa shape index (κ3) is 2.85. The molecule has 0 amide bonds. The molecule has 0 aliphatic carbocycles. The molecule has 0 saturated carbocycles. The van der Waals surface area contributed by atoms with Crippen LogP contribution in [-0.2, 0) is 19.0 Å². The molecule has 2 heterocycles. The summed E-state index contributed by atoms with van der Waals surface area (Å²) in [4.78, 5) is 13.1. The molecule has 0 radical (unpaired) electrons.